The first-order chi connectivity index (χ1) is 4.54. The van der Waals surface area contributed by atoms with E-state index in [2.05, 4.69) is 33.1 Å². The van der Waals surface area contributed by atoms with Gasteiger partial charge in [-0.3, -0.25) is 0 Å². The van der Waals surface area contributed by atoms with Gasteiger partial charge in [0.15, 0.2) is 0 Å². The van der Waals surface area contributed by atoms with Gasteiger partial charge in [0, 0.05) is 0 Å². The summed E-state index contributed by atoms with van der Waals surface area (Å²) in [4.78, 5) is 0. The molecule has 0 nitrogen and oxygen atoms in total. The third-order valence-electron chi connectivity index (χ3n) is 0.535. The Morgan fingerprint density at radius 1 is 1.20 bits per heavy atom. The topological polar surface area (TPSA) is 0 Å². The van der Waals surface area contributed by atoms with Crippen molar-refractivity contribution in [2.75, 3.05) is 0 Å². The van der Waals surface area contributed by atoms with Gasteiger partial charge < -0.3 is 0 Å². The summed E-state index contributed by atoms with van der Waals surface area (Å²) in [7, 11) is 0. The zero-order valence-electron chi connectivity index (χ0n) is 7.57. The highest BCUT2D eigenvalue weighted by Gasteiger charge is 1.73. The zero-order valence-corrected chi connectivity index (χ0v) is 7.57. The Kier molecular flexibility index (Phi) is 9.82. The second-order valence-electron chi connectivity index (χ2n) is 2.48. The fourth-order valence-electron chi connectivity index (χ4n) is 0.493. The van der Waals surface area contributed by atoms with Crippen molar-refractivity contribution in [2.24, 2.45) is 0 Å². The Balaban J connectivity index is 0. The fraction of sp³-hybridized carbons (Fsp3) is 0.400. The van der Waals surface area contributed by atoms with Crippen molar-refractivity contribution in [3.8, 4) is 0 Å². The molecule has 0 heteroatoms. The summed E-state index contributed by atoms with van der Waals surface area (Å²) in [5, 5.41) is 0. The van der Waals surface area contributed by atoms with Crippen molar-refractivity contribution in [3.63, 3.8) is 0 Å². The van der Waals surface area contributed by atoms with E-state index in [0.717, 1.165) is 5.57 Å². The Hall–Kier alpha value is -0.780. The van der Waals surface area contributed by atoms with Crippen LogP contribution >= 0.6 is 0 Å². The summed E-state index contributed by atoms with van der Waals surface area (Å²) in [6, 6.07) is 0. The van der Waals surface area contributed by atoms with E-state index in [9.17, 15) is 0 Å². The molecule has 0 aliphatic rings. The molecule has 10 heavy (non-hydrogen) atoms. The molecule has 0 aliphatic carbocycles. The van der Waals surface area contributed by atoms with E-state index >= 15 is 0 Å². The van der Waals surface area contributed by atoms with Crippen LogP contribution in [0.1, 0.15) is 27.7 Å². The monoisotopic (exact) mass is 138 g/mol. The minimum atomic E-state index is 1.12. The second kappa shape index (κ2) is 8.22. The van der Waals surface area contributed by atoms with E-state index in [1.54, 1.807) is 6.08 Å². The average molecular weight is 138 g/mol. The maximum atomic E-state index is 3.72. The largest absolute Gasteiger partial charge is 0.103 e. The summed E-state index contributed by atoms with van der Waals surface area (Å²) in [6.45, 7) is 15.1. The van der Waals surface area contributed by atoms with Crippen LogP contribution in [0.3, 0.4) is 0 Å². The molecule has 0 spiro atoms. The highest BCUT2D eigenvalue weighted by Crippen LogP contribution is 1.95. The molecule has 0 fully saturated rings. The molecule has 0 N–H and O–H groups in total. The molecule has 0 saturated heterocycles. The van der Waals surface area contributed by atoms with E-state index in [-0.39, 0.29) is 0 Å². The smallest absolute Gasteiger partial charge is 0.0404 e. The highest BCUT2D eigenvalue weighted by molar-refractivity contribution is 5.15. The van der Waals surface area contributed by atoms with Gasteiger partial charge in [0.25, 0.3) is 0 Å². The first-order valence-corrected chi connectivity index (χ1v) is 3.42. The third kappa shape index (κ3) is 26.9. The van der Waals surface area contributed by atoms with Crippen molar-refractivity contribution in [3.05, 3.63) is 36.5 Å². The summed E-state index contributed by atoms with van der Waals surface area (Å²) in [6.07, 6.45) is 3.81. The molecule has 0 atom stereocenters. The Morgan fingerprint density at radius 3 is 1.50 bits per heavy atom. The highest BCUT2D eigenvalue weighted by atomic mass is 13.8. The van der Waals surface area contributed by atoms with Gasteiger partial charge in [-0.15, -0.1) is 6.58 Å². The molecule has 0 radical (unpaired) electrons. The summed E-state index contributed by atoms with van der Waals surface area (Å²) in [5.74, 6) is 0. The van der Waals surface area contributed by atoms with Crippen molar-refractivity contribution < 1.29 is 0 Å². The molecule has 0 aromatic carbocycles. The molecule has 0 aromatic heterocycles. The van der Waals surface area contributed by atoms with Gasteiger partial charge in [-0.2, -0.15) is 0 Å². The number of hydrogen-bond acceptors (Lipinski definition) is 0. The van der Waals surface area contributed by atoms with E-state index < -0.39 is 0 Å². The molecular formula is C10H18. The zero-order chi connectivity index (χ0) is 8.57. The lowest BCUT2D eigenvalue weighted by Gasteiger charge is -1.85. The van der Waals surface area contributed by atoms with Crippen LogP contribution in [0.4, 0.5) is 0 Å². The Bertz CT molecular complexity index is 123. The quantitative estimate of drug-likeness (QED) is 0.382. The van der Waals surface area contributed by atoms with E-state index in [4.69, 9.17) is 0 Å². The fourth-order valence-corrected chi connectivity index (χ4v) is 0.493. The van der Waals surface area contributed by atoms with E-state index in [1.807, 2.05) is 13.8 Å². The molecule has 0 rings (SSSR count). The van der Waals surface area contributed by atoms with Gasteiger partial charge >= 0.3 is 0 Å². The molecule has 0 bridgehead atoms. The predicted molar refractivity (Wildman–Crippen MR) is 50.1 cm³/mol. The SMILES string of the molecule is C=C(C)C=C(C)C.C=CC. The maximum absolute atomic E-state index is 3.72. The summed E-state index contributed by atoms with van der Waals surface area (Å²) >= 11 is 0. The van der Waals surface area contributed by atoms with Crippen molar-refractivity contribution in [1.29, 1.82) is 0 Å². The summed E-state index contributed by atoms with van der Waals surface area (Å²) in [5.41, 5.74) is 2.44. The molecule has 0 aromatic rings. The molecular weight excluding hydrogens is 120 g/mol. The first-order valence-electron chi connectivity index (χ1n) is 3.42. The van der Waals surface area contributed by atoms with Crippen LogP contribution in [0.5, 0.6) is 0 Å². The van der Waals surface area contributed by atoms with Crippen molar-refractivity contribution in [2.45, 2.75) is 27.7 Å². The van der Waals surface area contributed by atoms with Gasteiger partial charge in [-0.1, -0.05) is 29.9 Å². The lowest BCUT2D eigenvalue weighted by atomic mass is 10.2. The summed E-state index contributed by atoms with van der Waals surface area (Å²) < 4.78 is 0. The average Bonchev–Trinajstić information content (AvgIpc) is 1.62. The van der Waals surface area contributed by atoms with E-state index in [0.29, 0.717) is 0 Å². The van der Waals surface area contributed by atoms with Crippen molar-refractivity contribution >= 4 is 0 Å². The van der Waals surface area contributed by atoms with Gasteiger partial charge in [0.2, 0.25) is 0 Å². The van der Waals surface area contributed by atoms with Gasteiger partial charge in [0.05, 0.1) is 0 Å². The lowest BCUT2D eigenvalue weighted by Crippen LogP contribution is -1.64. The molecule has 0 heterocycles. The molecule has 0 amide bonds. The predicted octanol–water partition coefficient (Wildman–Crippen LogP) is 3.72. The Labute approximate surface area is 65.0 Å². The Morgan fingerprint density at radius 2 is 1.50 bits per heavy atom. The molecule has 0 saturated carbocycles. The first kappa shape index (κ1) is 12.0. The molecule has 0 unspecified atom stereocenters. The van der Waals surface area contributed by atoms with Crippen LogP contribution in [0.2, 0.25) is 0 Å². The van der Waals surface area contributed by atoms with Crippen molar-refractivity contribution in [1.82, 2.24) is 0 Å². The standard InChI is InChI=1S/C7H12.C3H6/c1-6(2)5-7(3)4;1-3-2/h5H,1H2,2-4H3;3H,1H2,2H3. The number of rotatable bonds is 1. The minimum absolute atomic E-state index is 1.12. The van der Waals surface area contributed by atoms with E-state index in [1.165, 1.54) is 5.57 Å². The van der Waals surface area contributed by atoms with Crippen LogP contribution in [0.25, 0.3) is 0 Å². The van der Waals surface area contributed by atoms with Crippen LogP contribution in [-0.4, -0.2) is 0 Å². The number of allylic oxidation sites excluding steroid dienone is 4. The van der Waals surface area contributed by atoms with Crippen LogP contribution in [0, 0.1) is 0 Å². The van der Waals surface area contributed by atoms with Crippen LogP contribution in [-0.2, 0) is 0 Å². The maximum Gasteiger partial charge on any atom is -0.0404 e. The second-order valence-corrected chi connectivity index (χ2v) is 2.48. The number of hydrogen-bond donors (Lipinski definition) is 0. The third-order valence-corrected chi connectivity index (χ3v) is 0.535. The van der Waals surface area contributed by atoms with Gasteiger partial charge in [-0.05, 0) is 27.7 Å². The van der Waals surface area contributed by atoms with Crippen LogP contribution in [0.15, 0.2) is 36.5 Å². The molecule has 0 aliphatic heterocycles. The van der Waals surface area contributed by atoms with Crippen LogP contribution < -0.4 is 0 Å². The van der Waals surface area contributed by atoms with Gasteiger partial charge in [-0.25, -0.2) is 0 Å². The normalized spacial score (nSPS) is 6.80. The lowest BCUT2D eigenvalue weighted by molar-refractivity contribution is 1.36. The minimum Gasteiger partial charge on any atom is -0.103 e. The van der Waals surface area contributed by atoms with Gasteiger partial charge in [0.1, 0.15) is 0 Å². The molecule has 58 valence electrons.